The third-order valence-electron chi connectivity index (χ3n) is 4.08. The van der Waals surface area contributed by atoms with E-state index in [2.05, 4.69) is 27.6 Å². The van der Waals surface area contributed by atoms with E-state index in [4.69, 9.17) is 10.3 Å². The Balaban J connectivity index is 1.62. The maximum absolute atomic E-state index is 12.9. The van der Waals surface area contributed by atoms with Gasteiger partial charge in [-0.05, 0) is 23.6 Å². The van der Waals surface area contributed by atoms with Gasteiger partial charge in [0.05, 0.1) is 0 Å². The van der Waals surface area contributed by atoms with Gasteiger partial charge < -0.3 is 15.6 Å². The van der Waals surface area contributed by atoms with E-state index in [9.17, 15) is 4.79 Å². The van der Waals surface area contributed by atoms with E-state index in [0.29, 0.717) is 17.1 Å². The first-order valence-electron chi connectivity index (χ1n) is 8.30. The monoisotopic (exact) mass is 376 g/mol. The Morgan fingerprint density at radius 2 is 1.89 bits per heavy atom. The normalized spacial score (nSPS) is 10.7. The molecule has 134 valence electrons. The number of nitrogens with two attached hydrogens (primary N) is 1. The van der Waals surface area contributed by atoms with Gasteiger partial charge in [0, 0.05) is 17.3 Å². The molecule has 6 nitrogen and oxygen atoms in total. The van der Waals surface area contributed by atoms with Gasteiger partial charge in [-0.3, -0.25) is 4.79 Å². The second-order valence-corrected chi connectivity index (χ2v) is 6.78. The average Bonchev–Trinajstić information content (AvgIpc) is 3.33. The van der Waals surface area contributed by atoms with E-state index in [1.807, 2.05) is 42.5 Å². The van der Waals surface area contributed by atoms with Crippen molar-refractivity contribution < 1.29 is 9.32 Å². The van der Waals surface area contributed by atoms with Crippen LogP contribution in [0.5, 0.6) is 0 Å². The number of carbonyl (C=O) groups is 1. The molecule has 0 aliphatic heterocycles. The second-order valence-electron chi connectivity index (χ2n) is 5.88. The minimum Gasteiger partial charge on any atom is -0.367 e. The van der Waals surface area contributed by atoms with Crippen molar-refractivity contribution in [3.63, 3.8) is 0 Å². The number of thiazole rings is 1. The molecule has 0 fully saturated rings. The van der Waals surface area contributed by atoms with Crippen LogP contribution < -0.4 is 11.1 Å². The number of hydrogen-bond donors (Lipinski definition) is 2. The first-order valence-corrected chi connectivity index (χ1v) is 9.18. The molecular formula is C20H16N4O2S. The van der Waals surface area contributed by atoms with Gasteiger partial charge in [0.1, 0.15) is 10.6 Å². The number of aromatic nitrogens is 2. The van der Waals surface area contributed by atoms with Crippen LogP contribution in [0.2, 0.25) is 0 Å². The Morgan fingerprint density at radius 1 is 1.11 bits per heavy atom. The Morgan fingerprint density at radius 3 is 2.67 bits per heavy atom. The fourth-order valence-electron chi connectivity index (χ4n) is 2.81. The molecule has 0 radical (unpaired) electrons. The zero-order chi connectivity index (χ0) is 18.6. The van der Waals surface area contributed by atoms with E-state index < -0.39 is 0 Å². The summed E-state index contributed by atoms with van der Waals surface area (Å²) in [4.78, 5) is 17.1. The number of nitrogens with zero attached hydrogens (tertiary/aromatic N) is 2. The van der Waals surface area contributed by atoms with Crippen LogP contribution in [0.1, 0.15) is 21.5 Å². The summed E-state index contributed by atoms with van der Waals surface area (Å²) in [5, 5.41) is 9.22. The molecule has 1 amide bonds. The van der Waals surface area contributed by atoms with Crippen LogP contribution in [-0.2, 0) is 6.42 Å². The van der Waals surface area contributed by atoms with Crippen molar-refractivity contribution in [1.29, 1.82) is 0 Å². The molecule has 4 rings (SSSR count). The molecule has 0 aliphatic rings. The summed E-state index contributed by atoms with van der Waals surface area (Å²) in [6, 6.07) is 17.7. The number of amides is 1. The summed E-state index contributed by atoms with van der Waals surface area (Å²) in [5.74, 6) is -0.405. The molecule has 0 saturated carbocycles. The summed E-state index contributed by atoms with van der Waals surface area (Å²) in [5.41, 5.74) is 9.27. The lowest BCUT2D eigenvalue weighted by Gasteiger charge is -2.11. The van der Waals surface area contributed by atoms with E-state index in [0.717, 1.165) is 16.8 Å². The summed E-state index contributed by atoms with van der Waals surface area (Å²) >= 11 is 1.36. The molecule has 4 aromatic rings. The largest absolute Gasteiger partial charge is 0.367 e. The summed E-state index contributed by atoms with van der Waals surface area (Å²) in [6.45, 7) is 0. The number of carbonyl (C=O) groups excluding carboxylic acids is 1. The van der Waals surface area contributed by atoms with Gasteiger partial charge in [-0.2, -0.15) is 0 Å². The number of hydrogen-bond acceptors (Lipinski definition) is 6. The molecule has 2 aromatic heterocycles. The number of rotatable bonds is 5. The van der Waals surface area contributed by atoms with Crippen LogP contribution in [0, 0.1) is 0 Å². The molecule has 0 atom stereocenters. The van der Waals surface area contributed by atoms with Crippen LogP contribution in [0.4, 0.5) is 11.6 Å². The minimum atomic E-state index is -0.375. The smallest absolute Gasteiger partial charge is 0.263 e. The number of nitrogen functional groups attached to an aromatic ring is 1. The number of nitrogens with one attached hydrogen (secondary N) is 1. The highest BCUT2D eigenvalue weighted by Crippen LogP contribution is 2.30. The quantitative estimate of drug-likeness (QED) is 0.544. The van der Waals surface area contributed by atoms with Crippen LogP contribution in [0.3, 0.4) is 0 Å². The molecule has 0 unspecified atom stereocenters. The SMILES string of the molecule is Nc1onc(-c2nccs2)c1C(=O)Nc1ccccc1Cc1ccccc1. The van der Waals surface area contributed by atoms with Crippen molar-refractivity contribution in [2.24, 2.45) is 0 Å². The Kier molecular flexibility index (Phi) is 4.67. The molecule has 2 heterocycles. The van der Waals surface area contributed by atoms with Crippen molar-refractivity contribution in [3.05, 3.63) is 82.9 Å². The van der Waals surface area contributed by atoms with Crippen molar-refractivity contribution in [2.45, 2.75) is 6.42 Å². The Hall–Kier alpha value is -3.45. The van der Waals surface area contributed by atoms with Gasteiger partial charge in [0.25, 0.3) is 5.91 Å². The maximum Gasteiger partial charge on any atom is 0.263 e. The summed E-state index contributed by atoms with van der Waals surface area (Å²) in [7, 11) is 0. The fraction of sp³-hybridized carbons (Fsp3) is 0.0500. The predicted molar refractivity (Wildman–Crippen MR) is 106 cm³/mol. The van der Waals surface area contributed by atoms with Gasteiger partial charge in [0.2, 0.25) is 5.88 Å². The molecule has 0 bridgehead atoms. The molecule has 27 heavy (non-hydrogen) atoms. The standard InChI is InChI=1S/C20H16N4O2S/c21-18-16(17(24-26-18)20-22-10-11-27-20)19(25)23-15-9-5-4-8-14(15)12-13-6-2-1-3-7-13/h1-11H,12,21H2,(H,23,25). The van der Waals surface area contributed by atoms with Gasteiger partial charge in [0.15, 0.2) is 5.69 Å². The van der Waals surface area contributed by atoms with Gasteiger partial charge >= 0.3 is 0 Å². The van der Waals surface area contributed by atoms with E-state index in [1.165, 1.54) is 11.3 Å². The molecule has 2 aromatic carbocycles. The van der Waals surface area contributed by atoms with Gasteiger partial charge in [-0.25, -0.2) is 4.98 Å². The van der Waals surface area contributed by atoms with Crippen molar-refractivity contribution in [3.8, 4) is 10.7 Å². The number of para-hydroxylation sites is 1. The third kappa shape index (κ3) is 3.58. The molecule has 7 heteroatoms. The van der Waals surface area contributed by atoms with E-state index in [1.54, 1.807) is 11.6 Å². The summed E-state index contributed by atoms with van der Waals surface area (Å²) in [6.07, 6.45) is 2.34. The molecule has 0 saturated heterocycles. The van der Waals surface area contributed by atoms with Crippen LogP contribution in [0.25, 0.3) is 10.7 Å². The minimum absolute atomic E-state index is 0.0294. The average molecular weight is 376 g/mol. The Bertz CT molecular complexity index is 1060. The lowest BCUT2D eigenvalue weighted by Crippen LogP contribution is -2.15. The fourth-order valence-corrected chi connectivity index (χ4v) is 3.43. The molecule has 0 spiro atoms. The van der Waals surface area contributed by atoms with Crippen LogP contribution in [-0.4, -0.2) is 16.0 Å². The highest BCUT2D eigenvalue weighted by atomic mass is 32.1. The van der Waals surface area contributed by atoms with Crippen molar-refractivity contribution >= 4 is 28.8 Å². The van der Waals surface area contributed by atoms with Gasteiger partial charge in [-0.15, -0.1) is 11.3 Å². The third-order valence-corrected chi connectivity index (χ3v) is 4.86. The van der Waals surface area contributed by atoms with Crippen molar-refractivity contribution in [1.82, 2.24) is 10.1 Å². The zero-order valence-corrected chi connectivity index (χ0v) is 15.1. The highest BCUT2D eigenvalue weighted by molar-refractivity contribution is 7.13. The number of anilines is 2. The van der Waals surface area contributed by atoms with Crippen molar-refractivity contribution in [2.75, 3.05) is 11.1 Å². The van der Waals surface area contributed by atoms with Crippen LogP contribution >= 0.6 is 11.3 Å². The lowest BCUT2D eigenvalue weighted by atomic mass is 10.0. The van der Waals surface area contributed by atoms with E-state index >= 15 is 0 Å². The molecule has 3 N–H and O–H groups in total. The van der Waals surface area contributed by atoms with Crippen LogP contribution in [0.15, 0.2) is 70.7 Å². The maximum atomic E-state index is 12.9. The second kappa shape index (κ2) is 7.43. The summed E-state index contributed by atoms with van der Waals surface area (Å²) < 4.78 is 5.04. The molecular weight excluding hydrogens is 360 g/mol. The van der Waals surface area contributed by atoms with Gasteiger partial charge in [-0.1, -0.05) is 53.7 Å². The highest BCUT2D eigenvalue weighted by Gasteiger charge is 2.24. The first-order chi connectivity index (χ1) is 13.2. The zero-order valence-electron chi connectivity index (χ0n) is 14.3. The Labute approximate surface area is 159 Å². The predicted octanol–water partition coefficient (Wildman–Crippen LogP) is 4.22. The lowest BCUT2D eigenvalue weighted by molar-refractivity contribution is 0.102. The first kappa shape index (κ1) is 17.0. The number of benzene rings is 2. The topological polar surface area (TPSA) is 94.0 Å². The van der Waals surface area contributed by atoms with E-state index in [-0.39, 0.29) is 17.4 Å². The molecule has 0 aliphatic carbocycles.